The highest BCUT2D eigenvalue weighted by atomic mass is 16.6. The summed E-state index contributed by atoms with van der Waals surface area (Å²) in [5.41, 5.74) is 0.764. The third kappa shape index (κ3) is 1.82. The molecule has 92 valence electrons. The first-order valence-corrected chi connectivity index (χ1v) is 5.64. The summed E-state index contributed by atoms with van der Waals surface area (Å²) in [6.45, 7) is 0.376. The Hall–Kier alpha value is -2.36. The summed E-state index contributed by atoms with van der Waals surface area (Å²) < 4.78 is 11.4. The van der Waals surface area contributed by atoms with Gasteiger partial charge in [-0.15, -0.1) is 0 Å². The lowest BCUT2D eigenvalue weighted by Gasteiger charge is -2.26. The van der Waals surface area contributed by atoms with Crippen LogP contribution in [-0.4, -0.2) is 16.8 Å². The quantitative estimate of drug-likeness (QED) is 0.757. The van der Waals surface area contributed by atoms with E-state index in [-0.39, 0.29) is 17.6 Å². The molecule has 18 heavy (non-hydrogen) atoms. The lowest BCUT2D eigenvalue weighted by Crippen LogP contribution is -2.21. The van der Waals surface area contributed by atoms with Gasteiger partial charge in [0.1, 0.15) is 6.61 Å². The second-order valence-electron chi connectivity index (χ2n) is 4.11. The molecular weight excluding hydrogens is 232 g/mol. The Morgan fingerprint density at radius 1 is 0.944 bits per heavy atom. The number of hydrogen-bond acceptors (Lipinski definition) is 4. The van der Waals surface area contributed by atoms with Gasteiger partial charge in [-0.2, -0.15) is 0 Å². The molecule has 0 saturated carbocycles. The van der Waals surface area contributed by atoms with Crippen LogP contribution in [0.1, 0.15) is 11.7 Å². The molecule has 0 spiro atoms. The number of rotatable bonds is 1. The van der Waals surface area contributed by atoms with Crippen LogP contribution in [0.15, 0.2) is 42.5 Å². The van der Waals surface area contributed by atoms with Gasteiger partial charge in [0.05, 0.1) is 0 Å². The third-order valence-corrected chi connectivity index (χ3v) is 2.88. The van der Waals surface area contributed by atoms with Crippen LogP contribution in [-0.2, 0) is 0 Å². The van der Waals surface area contributed by atoms with Gasteiger partial charge in [-0.25, -0.2) is 0 Å². The normalized spacial score (nSPS) is 17.4. The molecule has 2 aromatic rings. The van der Waals surface area contributed by atoms with Gasteiger partial charge in [-0.3, -0.25) is 0 Å². The molecule has 4 heteroatoms. The van der Waals surface area contributed by atoms with Crippen molar-refractivity contribution in [3.8, 4) is 23.0 Å². The first-order chi connectivity index (χ1) is 8.74. The SMILES string of the molecule is Oc1ccc(C2COc3ccccc3O2)cc1O. The van der Waals surface area contributed by atoms with E-state index in [2.05, 4.69) is 0 Å². The van der Waals surface area contributed by atoms with Gasteiger partial charge in [-0.05, 0) is 29.8 Å². The van der Waals surface area contributed by atoms with Gasteiger partial charge >= 0.3 is 0 Å². The molecule has 2 aromatic carbocycles. The van der Waals surface area contributed by atoms with E-state index in [4.69, 9.17) is 9.47 Å². The zero-order chi connectivity index (χ0) is 12.5. The van der Waals surface area contributed by atoms with Crippen molar-refractivity contribution < 1.29 is 19.7 Å². The summed E-state index contributed by atoms with van der Waals surface area (Å²) in [5, 5.41) is 18.8. The fourth-order valence-corrected chi connectivity index (χ4v) is 1.92. The van der Waals surface area contributed by atoms with E-state index >= 15 is 0 Å². The minimum absolute atomic E-state index is 0.143. The Morgan fingerprint density at radius 2 is 1.72 bits per heavy atom. The fourth-order valence-electron chi connectivity index (χ4n) is 1.92. The fraction of sp³-hybridized carbons (Fsp3) is 0.143. The molecule has 0 bridgehead atoms. The van der Waals surface area contributed by atoms with Gasteiger partial charge in [0, 0.05) is 0 Å². The third-order valence-electron chi connectivity index (χ3n) is 2.88. The molecule has 2 N–H and O–H groups in total. The maximum atomic E-state index is 9.48. The van der Waals surface area contributed by atoms with E-state index in [9.17, 15) is 10.2 Å². The summed E-state index contributed by atoms with van der Waals surface area (Å²) in [4.78, 5) is 0. The van der Waals surface area contributed by atoms with Crippen LogP contribution in [0.5, 0.6) is 23.0 Å². The van der Waals surface area contributed by atoms with Crippen molar-refractivity contribution in [1.29, 1.82) is 0 Å². The average molecular weight is 244 g/mol. The number of para-hydroxylation sites is 2. The summed E-state index contributed by atoms with van der Waals surface area (Å²) >= 11 is 0. The standard InChI is InChI=1S/C14H12O4/c15-10-6-5-9(7-11(10)16)14-8-17-12-3-1-2-4-13(12)18-14/h1-7,14-16H,8H2. The van der Waals surface area contributed by atoms with Gasteiger partial charge in [0.15, 0.2) is 29.1 Å². The maximum Gasteiger partial charge on any atom is 0.162 e. The first-order valence-electron chi connectivity index (χ1n) is 5.64. The average Bonchev–Trinajstić information content (AvgIpc) is 2.41. The molecule has 1 atom stereocenters. The Kier molecular flexibility index (Phi) is 2.48. The molecule has 0 amide bonds. The topological polar surface area (TPSA) is 58.9 Å². The van der Waals surface area contributed by atoms with E-state index in [0.29, 0.717) is 12.4 Å². The van der Waals surface area contributed by atoms with Crippen molar-refractivity contribution >= 4 is 0 Å². The van der Waals surface area contributed by atoms with Crippen molar-refractivity contribution in [1.82, 2.24) is 0 Å². The Morgan fingerprint density at radius 3 is 2.50 bits per heavy atom. The van der Waals surface area contributed by atoms with Crippen LogP contribution < -0.4 is 9.47 Å². The molecule has 0 fully saturated rings. The summed E-state index contributed by atoms with van der Waals surface area (Å²) in [7, 11) is 0. The Balaban J connectivity index is 1.89. The van der Waals surface area contributed by atoms with Gasteiger partial charge in [0.25, 0.3) is 0 Å². The predicted octanol–water partition coefficient (Wildman–Crippen LogP) is 2.61. The largest absolute Gasteiger partial charge is 0.504 e. The summed E-state index contributed by atoms with van der Waals surface area (Å²) in [6.07, 6.45) is -0.286. The number of aromatic hydroxyl groups is 2. The highest BCUT2D eigenvalue weighted by Gasteiger charge is 2.22. The smallest absolute Gasteiger partial charge is 0.162 e. The first kappa shape index (κ1) is 10.8. The lowest BCUT2D eigenvalue weighted by atomic mass is 10.1. The number of ether oxygens (including phenoxy) is 2. The molecule has 0 radical (unpaired) electrons. The zero-order valence-corrected chi connectivity index (χ0v) is 9.54. The molecule has 1 unspecified atom stereocenters. The van der Waals surface area contributed by atoms with Crippen LogP contribution in [0.2, 0.25) is 0 Å². The van der Waals surface area contributed by atoms with Crippen molar-refractivity contribution in [3.63, 3.8) is 0 Å². The van der Waals surface area contributed by atoms with Crippen LogP contribution in [0.4, 0.5) is 0 Å². The summed E-state index contributed by atoms with van der Waals surface area (Å²) in [6, 6.07) is 12.1. The molecule has 0 saturated heterocycles. The summed E-state index contributed by atoms with van der Waals surface area (Å²) in [5.74, 6) is 1.10. The number of benzene rings is 2. The lowest BCUT2D eigenvalue weighted by molar-refractivity contribution is 0.0911. The van der Waals surface area contributed by atoms with E-state index in [0.717, 1.165) is 11.3 Å². The molecular formula is C14H12O4. The number of fused-ring (bicyclic) bond motifs is 1. The second-order valence-corrected chi connectivity index (χ2v) is 4.11. The monoisotopic (exact) mass is 244 g/mol. The van der Waals surface area contributed by atoms with E-state index in [1.54, 1.807) is 6.07 Å². The molecule has 1 heterocycles. The molecule has 1 aliphatic heterocycles. The van der Waals surface area contributed by atoms with Crippen LogP contribution in [0.25, 0.3) is 0 Å². The minimum atomic E-state index is -0.286. The molecule has 4 nitrogen and oxygen atoms in total. The molecule has 1 aliphatic rings. The van der Waals surface area contributed by atoms with E-state index in [1.165, 1.54) is 12.1 Å². The van der Waals surface area contributed by atoms with Crippen LogP contribution in [0, 0.1) is 0 Å². The molecule has 3 rings (SSSR count). The number of hydrogen-bond donors (Lipinski definition) is 2. The number of phenolic OH excluding ortho intramolecular Hbond substituents is 2. The van der Waals surface area contributed by atoms with Crippen molar-refractivity contribution in [2.75, 3.05) is 6.61 Å². The van der Waals surface area contributed by atoms with Crippen molar-refractivity contribution in [2.45, 2.75) is 6.10 Å². The predicted molar refractivity (Wildman–Crippen MR) is 65.1 cm³/mol. The van der Waals surface area contributed by atoms with Crippen molar-refractivity contribution in [2.24, 2.45) is 0 Å². The van der Waals surface area contributed by atoms with Crippen molar-refractivity contribution in [3.05, 3.63) is 48.0 Å². The Labute approximate surface area is 104 Å². The molecule has 0 aliphatic carbocycles. The van der Waals surface area contributed by atoms with Gasteiger partial charge < -0.3 is 19.7 Å². The highest BCUT2D eigenvalue weighted by Crippen LogP contribution is 2.37. The van der Waals surface area contributed by atoms with E-state index < -0.39 is 0 Å². The Bertz CT molecular complexity index is 580. The van der Waals surface area contributed by atoms with E-state index in [1.807, 2.05) is 24.3 Å². The van der Waals surface area contributed by atoms with Gasteiger partial charge in [-0.1, -0.05) is 18.2 Å². The molecule has 0 aromatic heterocycles. The van der Waals surface area contributed by atoms with Gasteiger partial charge in [0.2, 0.25) is 0 Å². The number of phenols is 2. The van der Waals surface area contributed by atoms with Crippen LogP contribution >= 0.6 is 0 Å². The zero-order valence-electron chi connectivity index (χ0n) is 9.54. The van der Waals surface area contributed by atoms with Crippen LogP contribution in [0.3, 0.4) is 0 Å². The minimum Gasteiger partial charge on any atom is -0.504 e. The highest BCUT2D eigenvalue weighted by molar-refractivity contribution is 5.44. The second kappa shape index (κ2) is 4.14. The maximum absolute atomic E-state index is 9.48.